The largest absolute Gasteiger partial charge is 0.352 e. The maximum absolute atomic E-state index is 14.0. The molecule has 1 saturated heterocycles. The second-order valence-corrected chi connectivity index (χ2v) is 7.20. The van der Waals surface area contributed by atoms with Crippen LogP contribution in [0.2, 0.25) is 0 Å². The van der Waals surface area contributed by atoms with Crippen LogP contribution in [-0.2, 0) is 17.9 Å². The molecule has 2 N–H and O–H groups in total. The zero-order valence-electron chi connectivity index (χ0n) is 17.1. The van der Waals surface area contributed by atoms with Crippen molar-refractivity contribution in [2.24, 2.45) is 4.99 Å². The Bertz CT molecular complexity index is 906. The van der Waals surface area contributed by atoms with Crippen LogP contribution in [0.1, 0.15) is 42.5 Å². The third-order valence-electron chi connectivity index (χ3n) is 5.00. The van der Waals surface area contributed by atoms with E-state index >= 15 is 0 Å². The lowest BCUT2D eigenvalue weighted by Gasteiger charge is -2.19. The predicted octanol–water partition coefficient (Wildman–Crippen LogP) is 4.13. The highest BCUT2D eigenvalue weighted by atomic mass is 127. The van der Waals surface area contributed by atoms with Crippen LogP contribution in [0.3, 0.4) is 0 Å². The van der Waals surface area contributed by atoms with Crippen LogP contribution in [-0.4, -0.2) is 30.4 Å². The first kappa shape index (κ1) is 24.0. The van der Waals surface area contributed by atoms with Gasteiger partial charge in [-0.2, -0.15) is 0 Å². The number of carbonyl (C=O) groups excluding carboxylic acids is 1. The van der Waals surface area contributed by atoms with Crippen LogP contribution in [0, 0.1) is 11.6 Å². The van der Waals surface area contributed by atoms with Crippen molar-refractivity contribution in [3.8, 4) is 0 Å². The fraction of sp³-hybridized carbons (Fsp3) is 0.364. The number of hydrogen-bond acceptors (Lipinski definition) is 2. The van der Waals surface area contributed by atoms with E-state index in [2.05, 4.69) is 21.7 Å². The maximum atomic E-state index is 14.0. The minimum absolute atomic E-state index is 0. The van der Waals surface area contributed by atoms with Gasteiger partial charge in [0.1, 0.15) is 11.6 Å². The fourth-order valence-corrected chi connectivity index (χ4v) is 3.45. The maximum Gasteiger partial charge on any atom is 0.222 e. The molecule has 162 valence electrons. The molecule has 1 unspecified atom stereocenters. The lowest BCUT2D eigenvalue weighted by molar-refractivity contribution is -0.128. The molecule has 8 heteroatoms. The molecule has 1 fully saturated rings. The summed E-state index contributed by atoms with van der Waals surface area (Å²) < 4.78 is 27.1. The van der Waals surface area contributed by atoms with Crippen molar-refractivity contribution in [2.45, 2.75) is 38.9 Å². The summed E-state index contributed by atoms with van der Waals surface area (Å²) in [7, 11) is 1.64. The van der Waals surface area contributed by atoms with Crippen molar-refractivity contribution in [2.75, 3.05) is 13.6 Å². The highest BCUT2D eigenvalue weighted by molar-refractivity contribution is 14.0. The Labute approximate surface area is 193 Å². The zero-order chi connectivity index (χ0) is 20.8. The molecule has 0 bridgehead atoms. The molecule has 3 rings (SSSR count). The number of nitrogens with zero attached hydrogens (tertiary/aromatic N) is 2. The minimum Gasteiger partial charge on any atom is -0.352 e. The van der Waals surface area contributed by atoms with Crippen LogP contribution in [0.25, 0.3) is 0 Å². The minimum atomic E-state index is -0.600. The van der Waals surface area contributed by atoms with E-state index in [1.165, 1.54) is 12.1 Å². The second-order valence-electron chi connectivity index (χ2n) is 7.20. The van der Waals surface area contributed by atoms with Gasteiger partial charge in [-0.05, 0) is 30.5 Å². The van der Waals surface area contributed by atoms with E-state index in [0.29, 0.717) is 31.0 Å². The van der Waals surface area contributed by atoms with E-state index in [-0.39, 0.29) is 35.9 Å². The van der Waals surface area contributed by atoms with Crippen LogP contribution < -0.4 is 10.6 Å². The number of halogens is 3. The van der Waals surface area contributed by atoms with E-state index < -0.39 is 11.6 Å². The molecule has 1 atom stereocenters. The number of rotatable bonds is 6. The summed E-state index contributed by atoms with van der Waals surface area (Å²) in [5.74, 6) is -0.470. The van der Waals surface area contributed by atoms with Gasteiger partial charge in [-0.3, -0.25) is 9.79 Å². The van der Waals surface area contributed by atoms with Crippen molar-refractivity contribution in [3.63, 3.8) is 0 Å². The quantitative estimate of drug-likeness (QED) is 0.337. The number of guanidine groups is 1. The molecule has 1 heterocycles. The van der Waals surface area contributed by atoms with Gasteiger partial charge in [-0.25, -0.2) is 8.78 Å². The van der Waals surface area contributed by atoms with E-state index in [1.807, 2.05) is 23.1 Å². The first-order valence-corrected chi connectivity index (χ1v) is 9.74. The molecular formula is C22H27F2IN4O. The van der Waals surface area contributed by atoms with E-state index in [4.69, 9.17) is 0 Å². The third-order valence-corrected chi connectivity index (χ3v) is 5.00. The Kier molecular flexibility index (Phi) is 9.01. The van der Waals surface area contributed by atoms with Gasteiger partial charge in [0.15, 0.2) is 5.96 Å². The average molecular weight is 528 g/mol. The lowest BCUT2D eigenvalue weighted by atomic mass is 10.1. The summed E-state index contributed by atoms with van der Waals surface area (Å²) in [5.41, 5.74) is 2.51. The smallest absolute Gasteiger partial charge is 0.222 e. The summed E-state index contributed by atoms with van der Waals surface area (Å²) in [6, 6.07) is 11.2. The van der Waals surface area contributed by atoms with Gasteiger partial charge < -0.3 is 15.5 Å². The second kappa shape index (κ2) is 11.2. The van der Waals surface area contributed by atoms with Crippen LogP contribution in [0.5, 0.6) is 0 Å². The van der Waals surface area contributed by atoms with Crippen LogP contribution in [0.15, 0.2) is 47.5 Å². The Morgan fingerprint density at radius 1 is 1.20 bits per heavy atom. The normalized spacial score (nSPS) is 15.0. The van der Waals surface area contributed by atoms with Gasteiger partial charge in [0.25, 0.3) is 0 Å². The molecule has 5 nitrogen and oxygen atoms in total. The molecule has 2 aromatic rings. The first-order chi connectivity index (χ1) is 14.0. The van der Waals surface area contributed by atoms with E-state index in [1.54, 1.807) is 14.0 Å². The summed E-state index contributed by atoms with van der Waals surface area (Å²) in [5, 5.41) is 6.32. The number of aliphatic imine (C=N–C) groups is 1. The number of likely N-dealkylation sites (tertiary alicyclic amines) is 1. The molecule has 0 aromatic heterocycles. The third kappa shape index (κ3) is 6.38. The zero-order valence-corrected chi connectivity index (χ0v) is 19.5. The highest BCUT2D eigenvalue weighted by Crippen LogP contribution is 2.18. The molecule has 0 radical (unpaired) electrons. The highest BCUT2D eigenvalue weighted by Gasteiger charge is 2.20. The lowest BCUT2D eigenvalue weighted by Crippen LogP contribution is -2.38. The Morgan fingerprint density at radius 3 is 2.63 bits per heavy atom. The van der Waals surface area contributed by atoms with Crippen molar-refractivity contribution >= 4 is 35.8 Å². The molecule has 2 aromatic carbocycles. The molecule has 1 aliphatic heterocycles. The van der Waals surface area contributed by atoms with Crippen molar-refractivity contribution in [1.82, 2.24) is 15.5 Å². The van der Waals surface area contributed by atoms with Crippen molar-refractivity contribution in [1.29, 1.82) is 0 Å². The number of nitrogens with one attached hydrogen (secondary N) is 2. The monoisotopic (exact) mass is 528 g/mol. The van der Waals surface area contributed by atoms with Gasteiger partial charge in [0.05, 0.1) is 6.04 Å². The van der Waals surface area contributed by atoms with Gasteiger partial charge >= 0.3 is 0 Å². The molecule has 1 amide bonds. The summed E-state index contributed by atoms with van der Waals surface area (Å²) in [6.45, 7) is 3.76. The number of hydrogen-bond donors (Lipinski definition) is 2. The van der Waals surface area contributed by atoms with Gasteiger partial charge in [-0.1, -0.05) is 30.3 Å². The van der Waals surface area contributed by atoms with Gasteiger partial charge in [0, 0.05) is 44.7 Å². The number of carbonyl (C=O) groups is 1. The average Bonchev–Trinajstić information content (AvgIpc) is 3.09. The van der Waals surface area contributed by atoms with E-state index in [0.717, 1.165) is 30.2 Å². The van der Waals surface area contributed by atoms with E-state index in [9.17, 15) is 13.6 Å². The van der Waals surface area contributed by atoms with Crippen LogP contribution in [0.4, 0.5) is 8.78 Å². The number of amides is 1. The van der Waals surface area contributed by atoms with Gasteiger partial charge in [0.2, 0.25) is 5.91 Å². The predicted molar refractivity (Wildman–Crippen MR) is 125 cm³/mol. The fourth-order valence-electron chi connectivity index (χ4n) is 3.45. The Balaban J connectivity index is 0.00000320. The standard InChI is InChI=1S/C22H26F2N4O.HI/c1-15(19-9-8-18(23)12-20(19)24)27-22(25-2)26-13-16-5-3-6-17(11-16)14-28-10-4-7-21(28)29;/h3,5-6,8-9,11-12,15H,4,7,10,13-14H2,1-2H3,(H2,25,26,27);1H. The van der Waals surface area contributed by atoms with Gasteiger partial charge in [-0.15, -0.1) is 24.0 Å². The summed E-state index contributed by atoms with van der Waals surface area (Å²) in [4.78, 5) is 17.9. The SMILES string of the molecule is CN=C(NCc1cccc(CN2CCCC2=O)c1)NC(C)c1ccc(F)cc1F.I. The molecule has 0 aliphatic carbocycles. The summed E-state index contributed by atoms with van der Waals surface area (Å²) in [6.07, 6.45) is 1.56. The topological polar surface area (TPSA) is 56.7 Å². The molecule has 1 aliphatic rings. The van der Waals surface area contributed by atoms with Crippen molar-refractivity contribution in [3.05, 3.63) is 70.8 Å². The Morgan fingerprint density at radius 2 is 1.97 bits per heavy atom. The van der Waals surface area contributed by atoms with Crippen molar-refractivity contribution < 1.29 is 13.6 Å². The molecule has 0 spiro atoms. The Hall–Kier alpha value is -2.23. The summed E-state index contributed by atoms with van der Waals surface area (Å²) >= 11 is 0. The number of benzene rings is 2. The first-order valence-electron chi connectivity index (χ1n) is 9.74. The molecule has 0 saturated carbocycles. The van der Waals surface area contributed by atoms with Crippen LogP contribution >= 0.6 is 24.0 Å². The molecule has 30 heavy (non-hydrogen) atoms. The molecular weight excluding hydrogens is 501 g/mol.